The first-order valence-corrected chi connectivity index (χ1v) is 6.74. The van der Waals surface area contributed by atoms with E-state index in [1.54, 1.807) is 0 Å². The maximum absolute atomic E-state index is 11.2. The van der Waals surface area contributed by atoms with E-state index in [1.807, 2.05) is 0 Å². The molecule has 0 N–H and O–H groups in total. The summed E-state index contributed by atoms with van der Waals surface area (Å²) in [5.74, 6) is 0. The quantitative estimate of drug-likeness (QED) is 0.757. The Kier molecular flexibility index (Phi) is 2.60. The highest BCUT2D eigenvalue weighted by atomic mass is 32.2. The highest BCUT2D eigenvalue weighted by molar-refractivity contribution is 7.89. The van der Waals surface area contributed by atoms with Gasteiger partial charge in [-0.05, 0) is 31.3 Å². The van der Waals surface area contributed by atoms with Crippen LogP contribution in [-0.4, -0.2) is 29.1 Å². The molecule has 15 heavy (non-hydrogen) atoms. The minimum absolute atomic E-state index is 0.681. The van der Waals surface area contributed by atoms with Gasteiger partial charge in [-0.2, -0.15) is 0 Å². The Morgan fingerprint density at radius 1 is 1.40 bits per heavy atom. The molecule has 0 unspecified atom stereocenters. The van der Waals surface area contributed by atoms with Crippen LogP contribution in [0.5, 0.6) is 0 Å². The van der Waals surface area contributed by atoms with Crippen LogP contribution in [0.25, 0.3) is 5.57 Å². The largest absolute Gasteiger partial charge is 0.252 e. The van der Waals surface area contributed by atoms with Gasteiger partial charge in [0.05, 0.1) is 12.5 Å². The van der Waals surface area contributed by atoms with Crippen LogP contribution < -0.4 is 0 Å². The molecule has 1 aliphatic carbocycles. The van der Waals surface area contributed by atoms with E-state index in [4.69, 9.17) is 0 Å². The van der Waals surface area contributed by atoms with Crippen molar-refractivity contribution in [2.75, 3.05) is 6.26 Å². The van der Waals surface area contributed by atoms with Gasteiger partial charge >= 0.3 is 0 Å². The van der Waals surface area contributed by atoms with E-state index < -0.39 is 10.0 Å². The maximum Gasteiger partial charge on any atom is 0.252 e. The number of aromatic nitrogens is 3. The first-order valence-electron chi connectivity index (χ1n) is 4.90. The van der Waals surface area contributed by atoms with Crippen molar-refractivity contribution in [3.63, 3.8) is 0 Å². The predicted molar refractivity (Wildman–Crippen MR) is 56.7 cm³/mol. The fraction of sp³-hybridized carbons (Fsp3) is 0.556. The summed E-state index contributed by atoms with van der Waals surface area (Å²) in [5.41, 5.74) is 1.79. The molecule has 0 aliphatic heterocycles. The van der Waals surface area contributed by atoms with Crippen LogP contribution in [-0.2, 0) is 10.0 Å². The molecule has 0 fully saturated rings. The number of allylic oxidation sites excluding steroid dienone is 2. The molecule has 0 saturated carbocycles. The van der Waals surface area contributed by atoms with Crippen molar-refractivity contribution in [3.8, 4) is 0 Å². The second-order valence-corrected chi connectivity index (χ2v) is 5.55. The van der Waals surface area contributed by atoms with Crippen molar-refractivity contribution in [1.82, 2.24) is 14.4 Å². The summed E-state index contributed by atoms with van der Waals surface area (Å²) in [7, 11) is -3.30. The summed E-state index contributed by atoms with van der Waals surface area (Å²) in [6.07, 6.45) is 9.04. The zero-order chi connectivity index (χ0) is 10.9. The van der Waals surface area contributed by atoms with E-state index in [2.05, 4.69) is 16.4 Å². The van der Waals surface area contributed by atoms with Crippen molar-refractivity contribution in [2.45, 2.75) is 25.7 Å². The molecule has 1 aromatic heterocycles. The molecular formula is C9H13N3O2S. The molecule has 0 saturated heterocycles. The Labute approximate surface area is 88.8 Å². The second-order valence-electron chi connectivity index (χ2n) is 3.71. The van der Waals surface area contributed by atoms with Crippen LogP contribution in [0.4, 0.5) is 0 Å². The fourth-order valence-electron chi connectivity index (χ4n) is 1.63. The lowest BCUT2D eigenvalue weighted by molar-refractivity contribution is 0.583. The van der Waals surface area contributed by atoms with Crippen LogP contribution in [0.2, 0.25) is 0 Å². The maximum atomic E-state index is 11.2. The molecule has 0 aromatic carbocycles. The Bertz CT molecular complexity index is 487. The van der Waals surface area contributed by atoms with E-state index in [0.29, 0.717) is 5.69 Å². The van der Waals surface area contributed by atoms with Crippen LogP contribution >= 0.6 is 0 Å². The zero-order valence-electron chi connectivity index (χ0n) is 8.55. The summed E-state index contributed by atoms with van der Waals surface area (Å²) in [5, 5.41) is 7.47. The summed E-state index contributed by atoms with van der Waals surface area (Å²) < 4.78 is 23.3. The molecule has 0 spiro atoms. The molecule has 0 atom stereocenters. The van der Waals surface area contributed by atoms with Gasteiger partial charge in [-0.15, -0.1) is 9.19 Å². The third-order valence-corrected chi connectivity index (χ3v) is 3.29. The average molecular weight is 227 g/mol. The van der Waals surface area contributed by atoms with Gasteiger partial charge in [-0.3, -0.25) is 0 Å². The molecular weight excluding hydrogens is 214 g/mol. The minimum atomic E-state index is -3.30. The van der Waals surface area contributed by atoms with Crippen molar-refractivity contribution in [2.24, 2.45) is 0 Å². The molecule has 1 heterocycles. The van der Waals surface area contributed by atoms with E-state index >= 15 is 0 Å². The Morgan fingerprint density at radius 3 is 2.73 bits per heavy atom. The lowest BCUT2D eigenvalue weighted by atomic mass is 9.98. The van der Waals surface area contributed by atoms with Crippen LogP contribution in [0, 0.1) is 0 Å². The van der Waals surface area contributed by atoms with Gasteiger partial charge in [0.25, 0.3) is 10.0 Å². The summed E-state index contributed by atoms with van der Waals surface area (Å²) in [4.78, 5) is 0. The van der Waals surface area contributed by atoms with Gasteiger partial charge < -0.3 is 0 Å². The van der Waals surface area contributed by atoms with Crippen molar-refractivity contribution in [3.05, 3.63) is 18.0 Å². The molecule has 0 radical (unpaired) electrons. The van der Waals surface area contributed by atoms with Gasteiger partial charge in [0.2, 0.25) is 0 Å². The Balaban J connectivity index is 2.31. The first-order chi connectivity index (χ1) is 7.07. The summed E-state index contributed by atoms with van der Waals surface area (Å²) in [6, 6.07) is 0. The molecule has 1 aromatic rings. The summed E-state index contributed by atoms with van der Waals surface area (Å²) >= 11 is 0. The fourth-order valence-corrected chi connectivity index (χ4v) is 2.09. The Morgan fingerprint density at radius 2 is 2.20 bits per heavy atom. The van der Waals surface area contributed by atoms with Gasteiger partial charge in [0, 0.05) is 0 Å². The molecule has 1 aliphatic rings. The standard InChI is InChI=1S/C9H13N3O2S/c1-15(13,14)12-7-9(10-11-12)8-5-3-2-4-6-8/h5,7H,2-4,6H2,1H3. The molecule has 82 valence electrons. The Hall–Kier alpha value is -1.17. The highest BCUT2D eigenvalue weighted by Gasteiger charge is 2.13. The van der Waals surface area contributed by atoms with Gasteiger partial charge in [-0.25, -0.2) is 8.42 Å². The molecule has 5 nitrogen and oxygen atoms in total. The number of hydrogen-bond acceptors (Lipinski definition) is 4. The highest BCUT2D eigenvalue weighted by Crippen LogP contribution is 2.24. The van der Waals surface area contributed by atoms with Crippen LogP contribution in [0.15, 0.2) is 12.3 Å². The molecule has 6 heteroatoms. The summed E-state index contributed by atoms with van der Waals surface area (Å²) in [6.45, 7) is 0. The van der Waals surface area contributed by atoms with Crippen molar-refractivity contribution < 1.29 is 8.42 Å². The van der Waals surface area contributed by atoms with E-state index in [9.17, 15) is 8.42 Å². The zero-order valence-corrected chi connectivity index (χ0v) is 9.37. The van der Waals surface area contributed by atoms with Crippen molar-refractivity contribution >= 4 is 15.6 Å². The van der Waals surface area contributed by atoms with Gasteiger partial charge in [0.15, 0.2) is 0 Å². The third kappa shape index (κ3) is 2.26. The monoisotopic (exact) mass is 227 g/mol. The molecule has 2 rings (SSSR count). The van der Waals surface area contributed by atoms with Gasteiger partial charge in [-0.1, -0.05) is 11.3 Å². The second kappa shape index (κ2) is 3.77. The first kappa shape index (κ1) is 10.4. The van der Waals surface area contributed by atoms with E-state index in [-0.39, 0.29) is 0 Å². The van der Waals surface area contributed by atoms with E-state index in [0.717, 1.165) is 35.2 Å². The topological polar surface area (TPSA) is 64.8 Å². The van der Waals surface area contributed by atoms with Crippen LogP contribution in [0.1, 0.15) is 31.4 Å². The van der Waals surface area contributed by atoms with E-state index in [1.165, 1.54) is 12.6 Å². The lowest BCUT2D eigenvalue weighted by Gasteiger charge is -2.08. The SMILES string of the molecule is CS(=O)(=O)n1cc(C2=CCCCC2)nn1. The number of nitrogens with zero attached hydrogens (tertiary/aromatic N) is 3. The number of hydrogen-bond donors (Lipinski definition) is 0. The van der Waals surface area contributed by atoms with Crippen LogP contribution in [0.3, 0.4) is 0 Å². The number of rotatable bonds is 2. The smallest absolute Gasteiger partial charge is 0.205 e. The molecule has 0 bridgehead atoms. The average Bonchev–Trinajstić information content (AvgIpc) is 2.67. The lowest BCUT2D eigenvalue weighted by Crippen LogP contribution is -2.10. The van der Waals surface area contributed by atoms with Gasteiger partial charge in [0.1, 0.15) is 5.69 Å². The predicted octanol–water partition coefficient (Wildman–Crippen LogP) is 1.04. The third-order valence-electron chi connectivity index (χ3n) is 2.43. The minimum Gasteiger partial charge on any atom is -0.205 e. The molecule has 0 amide bonds. The van der Waals surface area contributed by atoms with Crippen molar-refractivity contribution in [1.29, 1.82) is 0 Å². The normalized spacial score (nSPS) is 17.5.